The predicted molar refractivity (Wildman–Crippen MR) is 83.2 cm³/mol. The highest BCUT2D eigenvalue weighted by Gasteiger charge is 2.53. The van der Waals surface area contributed by atoms with Crippen LogP contribution in [0.4, 0.5) is 11.6 Å². The van der Waals surface area contributed by atoms with Crippen molar-refractivity contribution < 1.29 is 20.1 Å². The van der Waals surface area contributed by atoms with Crippen LogP contribution >= 0.6 is 0 Å². The molecule has 4 atom stereocenters. The van der Waals surface area contributed by atoms with Crippen LogP contribution < -0.4 is 11.0 Å². The van der Waals surface area contributed by atoms with Gasteiger partial charge in [0.15, 0.2) is 6.23 Å². The number of aliphatic imine (C=N–C) groups is 1. The quantitative estimate of drug-likeness (QED) is 0.541. The maximum absolute atomic E-state index is 11.5. The molecule has 2 aromatic rings. The molecule has 24 heavy (non-hydrogen) atoms. The van der Waals surface area contributed by atoms with Gasteiger partial charge in [0.25, 0.3) is 0 Å². The summed E-state index contributed by atoms with van der Waals surface area (Å²) < 4.78 is 7.16. The van der Waals surface area contributed by atoms with Gasteiger partial charge in [0.2, 0.25) is 0 Å². The zero-order valence-corrected chi connectivity index (χ0v) is 12.6. The van der Waals surface area contributed by atoms with Crippen LogP contribution in [-0.4, -0.2) is 60.6 Å². The molecule has 0 saturated carbocycles. The van der Waals surface area contributed by atoms with Gasteiger partial charge >= 0.3 is 5.69 Å². The van der Waals surface area contributed by atoms with Gasteiger partial charge in [0.1, 0.15) is 29.4 Å². The molecule has 1 saturated heterocycles. The van der Waals surface area contributed by atoms with E-state index in [1.54, 1.807) is 6.20 Å². The van der Waals surface area contributed by atoms with Gasteiger partial charge in [0.05, 0.1) is 18.3 Å². The van der Waals surface area contributed by atoms with Crippen LogP contribution in [0.5, 0.6) is 0 Å². The summed E-state index contributed by atoms with van der Waals surface area (Å²) in [5, 5.41) is 34.0. The second-order valence-electron chi connectivity index (χ2n) is 5.97. The summed E-state index contributed by atoms with van der Waals surface area (Å²) in [6, 6.07) is 0. The van der Waals surface area contributed by atoms with Gasteiger partial charge in [-0.15, -0.1) is 0 Å². The van der Waals surface area contributed by atoms with Crippen molar-refractivity contribution in [3.63, 3.8) is 0 Å². The van der Waals surface area contributed by atoms with Crippen molar-refractivity contribution >= 4 is 28.7 Å². The first kappa shape index (κ1) is 15.1. The van der Waals surface area contributed by atoms with E-state index in [2.05, 4.69) is 20.3 Å². The molecule has 2 aliphatic rings. The summed E-state index contributed by atoms with van der Waals surface area (Å²) in [4.78, 5) is 23.3. The Balaban J connectivity index is 1.94. The van der Waals surface area contributed by atoms with Crippen molar-refractivity contribution in [1.82, 2.24) is 14.5 Å². The highest BCUT2D eigenvalue weighted by molar-refractivity contribution is 6.06. The third-order valence-corrected chi connectivity index (χ3v) is 4.37. The Bertz CT molecular complexity index is 908. The van der Waals surface area contributed by atoms with Crippen molar-refractivity contribution in [2.45, 2.75) is 31.0 Å². The fourth-order valence-electron chi connectivity index (χ4n) is 3.14. The zero-order chi connectivity index (χ0) is 17.1. The van der Waals surface area contributed by atoms with E-state index in [1.165, 1.54) is 24.0 Å². The Morgan fingerprint density at radius 2 is 2.29 bits per heavy atom. The molecule has 4 N–H and O–H groups in total. The molecule has 2 aliphatic heterocycles. The highest BCUT2D eigenvalue weighted by atomic mass is 16.6. The Morgan fingerprint density at radius 1 is 1.50 bits per heavy atom. The van der Waals surface area contributed by atoms with E-state index in [0.717, 1.165) is 0 Å². The normalized spacial score (nSPS) is 31.4. The SMILES string of the molecule is C[C@@]1(O)[C@H](O)[C@@H](CO)O[C@H]1n1cc2cnc(=O)nc3c2c1N=CN3. The van der Waals surface area contributed by atoms with Crippen LogP contribution in [-0.2, 0) is 4.74 Å². The molecular weight excluding hydrogens is 318 g/mol. The number of ether oxygens (including phenoxy) is 1. The van der Waals surface area contributed by atoms with Crippen molar-refractivity contribution in [2.75, 3.05) is 11.9 Å². The first-order valence-corrected chi connectivity index (χ1v) is 7.31. The standard InChI is InChI=1S/C14H15N5O5/c1-14(23)9(21)7(4-20)24-12(14)19-3-6-2-15-13(22)18-10-8(6)11(19)17-5-16-10/h2-3,5,7,9,12,20-21,23H,4H2,1H3,(H,16,17,18,22)/t7-,9-,12-,14-/m1/s1. The second-order valence-corrected chi connectivity index (χ2v) is 5.97. The number of hydrogen-bond donors (Lipinski definition) is 4. The largest absolute Gasteiger partial charge is 0.394 e. The molecule has 0 spiro atoms. The number of anilines is 1. The molecule has 2 aromatic heterocycles. The lowest BCUT2D eigenvalue weighted by Crippen LogP contribution is -2.44. The molecule has 4 rings (SSSR count). The van der Waals surface area contributed by atoms with E-state index in [1.807, 2.05) is 0 Å². The van der Waals surface area contributed by atoms with E-state index in [9.17, 15) is 20.1 Å². The summed E-state index contributed by atoms with van der Waals surface area (Å²) in [7, 11) is 0. The maximum atomic E-state index is 11.5. The summed E-state index contributed by atoms with van der Waals surface area (Å²) in [5.41, 5.74) is -2.28. The summed E-state index contributed by atoms with van der Waals surface area (Å²) >= 11 is 0. The van der Waals surface area contributed by atoms with Crippen LogP contribution in [0, 0.1) is 0 Å². The second kappa shape index (κ2) is 5.05. The molecule has 10 nitrogen and oxygen atoms in total. The van der Waals surface area contributed by atoms with Gasteiger partial charge in [-0.1, -0.05) is 0 Å². The minimum atomic E-state index is -1.65. The first-order valence-electron chi connectivity index (χ1n) is 7.31. The van der Waals surface area contributed by atoms with Crippen LogP contribution in [0.25, 0.3) is 10.8 Å². The molecule has 4 heterocycles. The number of aliphatic hydroxyl groups excluding tert-OH is 2. The van der Waals surface area contributed by atoms with Crippen LogP contribution in [0.3, 0.4) is 0 Å². The Kier molecular flexibility index (Phi) is 3.18. The average Bonchev–Trinajstić information content (AvgIpc) is 2.95. The minimum absolute atomic E-state index is 0.299. The summed E-state index contributed by atoms with van der Waals surface area (Å²) in [5.74, 6) is 0.702. The third kappa shape index (κ3) is 1.97. The van der Waals surface area contributed by atoms with E-state index in [0.29, 0.717) is 22.4 Å². The highest BCUT2D eigenvalue weighted by Crippen LogP contribution is 2.44. The molecule has 0 amide bonds. The lowest BCUT2D eigenvalue weighted by molar-refractivity contribution is -0.0955. The van der Waals surface area contributed by atoms with Gasteiger partial charge in [-0.25, -0.2) is 9.79 Å². The minimum Gasteiger partial charge on any atom is -0.394 e. The Labute approximate surface area is 135 Å². The number of hydrogen-bond acceptors (Lipinski definition) is 9. The molecule has 1 fully saturated rings. The first-order chi connectivity index (χ1) is 11.4. The van der Waals surface area contributed by atoms with Gasteiger partial charge in [-0.2, -0.15) is 9.97 Å². The predicted octanol–water partition coefficient (Wildman–Crippen LogP) is -1.12. The molecule has 0 radical (unpaired) electrons. The number of nitrogens with zero attached hydrogens (tertiary/aromatic N) is 4. The number of aliphatic hydroxyl groups is 3. The molecule has 0 aliphatic carbocycles. The molecule has 0 aromatic carbocycles. The van der Waals surface area contributed by atoms with E-state index in [4.69, 9.17) is 4.74 Å². The number of rotatable bonds is 2. The number of nitrogens with one attached hydrogen (secondary N) is 1. The Hall–Kier alpha value is -2.40. The zero-order valence-electron chi connectivity index (χ0n) is 12.6. The lowest BCUT2D eigenvalue weighted by Gasteiger charge is -2.28. The monoisotopic (exact) mass is 333 g/mol. The van der Waals surface area contributed by atoms with E-state index < -0.39 is 36.3 Å². The summed E-state index contributed by atoms with van der Waals surface area (Å²) in [6.45, 7) is 0.991. The third-order valence-electron chi connectivity index (χ3n) is 4.37. The van der Waals surface area contributed by atoms with Crippen molar-refractivity contribution in [3.05, 3.63) is 22.9 Å². The molecule has 10 heteroatoms. The van der Waals surface area contributed by atoms with Crippen molar-refractivity contribution in [3.8, 4) is 0 Å². The average molecular weight is 333 g/mol. The number of aromatic nitrogens is 3. The smallest absolute Gasteiger partial charge is 0.369 e. The summed E-state index contributed by atoms with van der Waals surface area (Å²) in [6.07, 6.45) is 1.17. The van der Waals surface area contributed by atoms with E-state index >= 15 is 0 Å². The molecule has 0 bridgehead atoms. The van der Waals surface area contributed by atoms with Crippen molar-refractivity contribution in [2.24, 2.45) is 4.99 Å². The van der Waals surface area contributed by atoms with Crippen LogP contribution in [0.15, 0.2) is 22.2 Å². The topological polar surface area (TPSA) is 142 Å². The van der Waals surface area contributed by atoms with Crippen LogP contribution in [0.2, 0.25) is 0 Å². The van der Waals surface area contributed by atoms with Gasteiger partial charge < -0.3 is 29.9 Å². The van der Waals surface area contributed by atoms with E-state index in [-0.39, 0.29) is 0 Å². The van der Waals surface area contributed by atoms with Crippen molar-refractivity contribution in [1.29, 1.82) is 0 Å². The van der Waals surface area contributed by atoms with Gasteiger partial charge in [-0.3, -0.25) is 0 Å². The fraction of sp³-hybridized carbons (Fsp3) is 0.429. The molecular formula is C14H15N5O5. The van der Waals surface area contributed by atoms with Gasteiger partial charge in [0, 0.05) is 17.8 Å². The maximum Gasteiger partial charge on any atom is 0.369 e. The van der Waals surface area contributed by atoms with Gasteiger partial charge in [-0.05, 0) is 6.92 Å². The van der Waals surface area contributed by atoms with Crippen LogP contribution in [0.1, 0.15) is 13.2 Å². The Morgan fingerprint density at radius 3 is 3.00 bits per heavy atom. The fourth-order valence-corrected chi connectivity index (χ4v) is 3.14. The lowest BCUT2D eigenvalue weighted by atomic mass is 9.96. The molecule has 126 valence electrons. The molecule has 0 unspecified atom stereocenters.